The third kappa shape index (κ3) is 2.68. The number of hydrogen-bond acceptors (Lipinski definition) is 4. The van der Waals surface area contributed by atoms with Crippen molar-refractivity contribution in [3.8, 4) is 10.6 Å². The lowest BCUT2D eigenvalue weighted by Crippen LogP contribution is -2.11. The molecule has 4 rings (SSSR count). The summed E-state index contributed by atoms with van der Waals surface area (Å²) in [5.41, 5.74) is 4.88. The van der Waals surface area contributed by atoms with Gasteiger partial charge in [0.1, 0.15) is 5.01 Å². The SMILES string of the molecule is c1ccc(-c2nc(CCn3nnc4c3CCCC4)cs2)cc1. The van der Waals surface area contributed by atoms with Crippen LogP contribution in [0.4, 0.5) is 0 Å². The fourth-order valence-electron chi connectivity index (χ4n) is 2.96. The molecule has 3 aromatic rings. The van der Waals surface area contributed by atoms with E-state index in [0.717, 1.165) is 36.5 Å². The second kappa shape index (κ2) is 6.01. The second-order valence-corrected chi connectivity index (χ2v) is 6.53. The van der Waals surface area contributed by atoms with Crippen molar-refractivity contribution in [2.24, 2.45) is 0 Å². The molecule has 0 amide bonds. The number of benzene rings is 1. The zero-order valence-corrected chi connectivity index (χ0v) is 13.2. The van der Waals surface area contributed by atoms with Crippen LogP contribution >= 0.6 is 11.3 Å². The van der Waals surface area contributed by atoms with Gasteiger partial charge in [0.25, 0.3) is 0 Å². The molecule has 0 radical (unpaired) electrons. The van der Waals surface area contributed by atoms with E-state index < -0.39 is 0 Å². The normalized spacial score (nSPS) is 14.0. The molecule has 0 atom stereocenters. The summed E-state index contributed by atoms with van der Waals surface area (Å²) in [7, 11) is 0. The Kier molecular flexibility index (Phi) is 3.72. The highest BCUT2D eigenvalue weighted by Gasteiger charge is 2.16. The van der Waals surface area contributed by atoms with Crippen LogP contribution in [0.2, 0.25) is 0 Å². The standard InChI is InChI=1S/C17H18N4S/c1-2-6-13(7-3-1)17-18-14(12-22-17)10-11-21-16-9-5-4-8-15(16)19-20-21/h1-3,6-7,12H,4-5,8-11H2. The molecule has 5 heteroatoms. The average molecular weight is 310 g/mol. The zero-order chi connectivity index (χ0) is 14.8. The first-order chi connectivity index (χ1) is 10.9. The van der Waals surface area contributed by atoms with Crippen LogP contribution in [0.25, 0.3) is 10.6 Å². The van der Waals surface area contributed by atoms with Crippen LogP contribution < -0.4 is 0 Å². The summed E-state index contributed by atoms with van der Waals surface area (Å²) in [6.45, 7) is 0.875. The van der Waals surface area contributed by atoms with Gasteiger partial charge in [0.15, 0.2) is 0 Å². The highest BCUT2D eigenvalue weighted by molar-refractivity contribution is 7.13. The molecule has 22 heavy (non-hydrogen) atoms. The lowest BCUT2D eigenvalue weighted by Gasteiger charge is -2.11. The van der Waals surface area contributed by atoms with Crippen LogP contribution in [-0.2, 0) is 25.8 Å². The highest BCUT2D eigenvalue weighted by atomic mass is 32.1. The van der Waals surface area contributed by atoms with E-state index in [1.54, 1.807) is 11.3 Å². The first-order valence-electron chi connectivity index (χ1n) is 7.81. The lowest BCUT2D eigenvalue weighted by atomic mass is 10.0. The molecule has 0 saturated carbocycles. The number of fused-ring (bicyclic) bond motifs is 1. The van der Waals surface area contributed by atoms with E-state index >= 15 is 0 Å². The topological polar surface area (TPSA) is 43.6 Å². The maximum Gasteiger partial charge on any atom is 0.123 e. The fourth-order valence-corrected chi connectivity index (χ4v) is 3.82. The number of aryl methyl sites for hydroxylation is 3. The Hall–Kier alpha value is -2.01. The summed E-state index contributed by atoms with van der Waals surface area (Å²) in [6.07, 6.45) is 5.63. The van der Waals surface area contributed by atoms with Crippen LogP contribution in [0, 0.1) is 0 Å². The van der Waals surface area contributed by atoms with E-state index in [1.165, 1.54) is 29.8 Å². The Morgan fingerprint density at radius 3 is 2.86 bits per heavy atom. The second-order valence-electron chi connectivity index (χ2n) is 5.67. The molecule has 1 aliphatic carbocycles. The molecular weight excluding hydrogens is 292 g/mol. The average Bonchev–Trinajstić information content (AvgIpc) is 3.21. The van der Waals surface area contributed by atoms with Gasteiger partial charge in [-0.2, -0.15) is 0 Å². The van der Waals surface area contributed by atoms with Gasteiger partial charge < -0.3 is 0 Å². The van der Waals surface area contributed by atoms with Crippen molar-refractivity contribution in [3.05, 3.63) is 52.8 Å². The first kappa shape index (κ1) is 13.6. The van der Waals surface area contributed by atoms with Crippen LogP contribution in [0.15, 0.2) is 35.7 Å². The predicted octanol–water partition coefficient (Wildman–Crippen LogP) is 3.52. The van der Waals surface area contributed by atoms with Crippen LogP contribution in [0.1, 0.15) is 29.9 Å². The van der Waals surface area contributed by atoms with Gasteiger partial charge in [-0.05, 0) is 25.7 Å². The zero-order valence-electron chi connectivity index (χ0n) is 12.4. The van der Waals surface area contributed by atoms with Gasteiger partial charge in [-0.25, -0.2) is 9.67 Å². The smallest absolute Gasteiger partial charge is 0.123 e. The Balaban J connectivity index is 1.46. The Bertz CT molecular complexity index is 760. The largest absolute Gasteiger partial charge is 0.249 e. The van der Waals surface area contributed by atoms with Crippen LogP contribution in [-0.4, -0.2) is 20.0 Å². The molecule has 0 aliphatic heterocycles. The van der Waals surface area contributed by atoms with Crippen molar-refractivity contribution < 1.29 is 0 Å². The van der Waals surface area contributed by atoms with Crippen molar-refractivity contribution in [1.29, 1.82) is 0 Å². The van der Waals surface area contributed by atoms with E-state index in [1.807, 2.05) is 6.07 Å². The van der Waals surface area contributed by atoms with Gasteiger partial charge in [-0.1, -0.05) is 35.5 Å². The van der Waals surface area contributed by atoms with Crippen molar-refractivity contribution >= 4 is 11.3 Å². The van der Waals surface area contributed by atoms with E-state index in [0.29, 0.717) is 0 Å². The van der Waals surface area contributed by atoms with Crippen molar-refractivity contribution in [1.82, 2.24) is 20.0 Å². The van der Waals surface area contributed by atoms with Gasteiger partial charge in [-0.3, -0.25) is 0 Å². The minimum absolute atomic E-state index is 0.875. The number of hydrogen-bond donors (Lipinski definition) is 0. The molecular formula is C17H18N4S. The van der Waals surface area contributed by atoms with Gasteiger partial charge in [0.2, 0.25) is 0 Å². The molecule has 0 spiro atoms. The predicted molar refractivity (Wildman–Crippen MR) is 87.9 cm³/mol. The molecule has 0 saturated heterocycles. The molecule has 0 bridgehead atoms. The molecule has 0 N–H and O–H groups in total. The quantitative estimate of drug-likeness (QED) is 0.740. The van der Waals surface area contributed by atoms with Crippen LogP contribution in [0.3, 0.4) is 0 Å². The van der Waals surface area contributed by atoms with E-state index in [2.05, 4.69) is 44.6 Å². The lowest BCUT2D eigenvalue weighted by molar-refractivity contribution is 0.547. The summed E-state index contributed by atoms with van der Waals surface area (Å²) in [6, 6.07) is 10.4. The summed E-state index contributed by atoms with van der Waals surface area (Å²) < 4.78 is 2.08. The molecule has 112 valence electrons. The third-order valence-electron chi connectivity index (χ3n) is 4.15. The van der Waals surface area contributed by atoms with Crippen molar-refractivity contribution in [3.63, 3.8) is 0 Å². The Labute approximate surface area is 133 Å². The maximum atomic E-state index is 4.75. The van der Waals surface area contributed by atoms with Crippen LogP contribution in [0.5, 0.6) is 0 Å². The molecule has 0 fully saturated rings. The summed E-state index contributed by atoms with van der Waals surface area (Å²) in [5, 5.41) is 11.9. The summed E-state index contributed by atoms with van der Waals surface area (Å²) in [5.74, 6) is 0. The number of nitrogens with zero attached hydrogens (tertiary/aromatic N) is 4. The van der Waals surface area contributed by atoms with E-state index in [-0.39, 0.29) is 0 Å². The minimum atomic E-state index is 0.875. The minimum Gasteiger partial charge on any atom is -0.249 e. The molecule has 2 heterocycles. The summed E-state index contributed by atoms with van der Waals surface area (Å²) in [4.78, 5) is 4.75. The molecule has 1 aromatic carbocycles. The highest BCUT2D eigenvalue weighted by Crippen LogP contribution is 2.24. The van der Waals surface area contributed by atoms with Gasteiger partial charge in [0, 0.05) is 23.9 Å². The van der Waals surface area contributed by atoms with Gasteiger partial charge in [0.05, 0.1) is 17.1 Å². The van der Waals surface area contributed by atoms with E-state index in [4.69, 9.17) is 4.98 Å². The molecule has 2 aromatic heterocycles. The third-order valence-corrected chi connectivity index (χ3v) is 5.09. The summed E-state index contributed by atoms with van der Waals surface area (Å²) >= 11 is 1.71. The van der Waals surface area contributed by atoms with Gasteiger partial charge in [-0.15, -0.1) is 16.4 Å². The molecule has 1 aliphatic rings. The van der Waals surface area contributed by atoms with Gasteiger partial charge >= 0.3 is 0 Å². The number of aromatic nitrogens is 4. The fraction of sp³-hybridized carbons (Fsp3) is 0.353. The number of thiazole rings is 1. The first-order valence-corrected chi connectivity index (χ1v) is 8.69. The maximum absolute atomic E-state index is 4.75. The van der Waals surface area contributed by atoms with E-state index in [9.17, 15) is 0 Å². The molecule has 4 nitrogen and oxygen atoms in total. The molecule has 0 unspecified atom stereocenters. The Morgan fingerprint density at radius 2 is 1.95 bits per heavy atom. The Morgan fingerprint density at radius 1 is 1.09 bits per heavy atom. The van der Waals surface area contributed by atoms with Crippen molar-refractivity contribution in [2.45, 2.75) is 38.6 Å². The number of rotatable bonds is 4. The van der Waals surface area contributed by atoms with Crippen molar-refractivity contribution in [2.75, 3.05) is 0 Å². The monoisotopic (exact) mass is 310 g/mol.